The van der Waals surface area contributed by atoms with Crippen LogP contribution >= 0.6 is 0 Å². The molecule has 9 heteroatoms. The van der Waals surface area contributed by atoms with E-state index >= 15 is 0 Å². The van der Waals surface area contributed by atoms with Gasteiger partial charge in [0, 0.05) is 37.4 Å². The highest BCUT2D eigenvalue weighted by Gasteiger charge is 2.30. The second kappa shape index (κ2) is 8.62. The standard InChI is InChI=1S/C20H23N3O5S/c1-15-4-2-6-17(12-15)22-8-10-23(11-9-22)29(26,27)14-19(24)28-18-7-3-5-16(13-18)20(21)25/h2-7,12-13H,8-11,14H2,1H3,(H2,21,25). The minimum absolute atomic E-state index is 0.0748. The third kappa shape index (κ3) is 5.33. The Labute approximate surface area is 169 Å². The summed E-state index contributed by atoms with van der Waals surface area (Å²) in [6, 6.07) is 13.8. The van der Waals surface area contributed by atoms with E-state index < -0.39 is 27.7 Å². The number of nitrogens with zero attached hydrogens (tertiary/aromatic N) is 2. The first-order valence-electron chi connectivity index (χ1n) is 9.14. The van der Waals surface area contributed by atoms with Crippen LogP contribution in [0, 0.1) is 6.92 Å². The summed E-state index contributed by atoms with van der Waals surface area (Å²) in [4.78, 5) is 25.4. The number of esters is 1. The zero-order chi connectivity index (χ0) is 21.0. The summed E-state index contributed by atoms with van der Waals surface area (Å²) >= 11 is 0. The molecule has 0 aliphatic carbocycles. The Morgan fingerprint density at radius 3 is 2.38 bits per heavy atom. The van der Waals surface area contributed by atoms with E-state index in [1.165, 1.54) is 28.6 Å². The number of nitrogens with two attached hydrogens (primary N) is 1. The van der Waals surface area contributed by atoms with Gasteiger partial charge in [0.05, 0.1) is 0 Å². The third-order valence-electron chi connectivity index (χ3n) is 4.65. The van der Waals surface area contributed by atoms with Crippen LogP contribution in [0.4, 0.5) is 5.69 Å². The molecule has 29 heavy (non-hydrogen) atoms. The van der Waals surface area contributed by atoms with E-state index in [1.807, 2.05) is 25.1 Å². The molecule has 0 unspecified atom stereocenters. The average Bonchev–Trinajstić information content (AvgIpc) is 2.68. The molecule has 1 amide bonds. The maximum absolute atomic E-state index is 12.6. The summed E-state index contributed by atoms with van der Waals surface area (Å²) in [6.07, 6.45) is 0. The van der Waals surface area contributed by atoms with Gasteiger partial charge in [-0.1, -0.05) is 18.2 Å². The largest absolute Gasteiger partial charge is 0.426 e. The highest BCUT2D eigenvalue weighted by atomic mass is 32.2. The van der Waals surface area contributed by atoms with Crippen LogP contribution in [0.1, 0.15) is 15.9 Å². The van der Waals surface area contributed by atoms with Crippen molar-refractivity contribution in [3.8, 4) is 5.75 Å². The van der Waals surface area contributed by atoms with Crippen LogP contribution in [-0.4, -0.2) is 56.5 Å². The number of anilines is 1. The van der Waals surface area contributed by atoms with Gasteiger partial charge >= 0.3 is 5.97 Å². The number of amides is 1. The van der Waals surface area contributed by atoms with Crippen molar-refractivity contribution < 1.29 is 22.7 Å². The molecule has 0 bridgehead atoms. The predicted octanol–water partition coefficient (Wildman–Crippen LogP) is 1.15. The van der Waals surface area contributed by atoms with Gasteiger partial charge in [0.15, 0.2) is 5.75 Å². The minimum atomic E-state index is -3.80. The normalized spacial score (nSPS) is 15.1. The quantitative estimate of drug-likeness (QED) is 0.558. The lowest BCUT2D eigenvalue weighted by molar-refractivity contribution is -0.131. The zero-order valence-corrected chi connectivity index (χ0v) is 16.9. The molecule has 0 aromatic heterocycles. The van der Waals surface area contributed by atoms with E-state index in [0.29, 0.717) is 26.2 Å². The van der Waals surface area contributed by atoms with Crippen LogP contribution in [-0.2, 0) is 14.8 Å². The highest BCUT2D eigenvalue weighted by molar-refractivity contribution is 7.89. The second-order valence-electron chi connectivity index (χ2n) is 6.85. The van der Waals surface area contributed by atoms with Gasteiger partial charge in [-0.15, -0.1) is 0 Å². The first-order chi connectivity index (χ1) is 13.7. The Balaban J connectivity index is 1.58. The van der Waals surface area contributed by atoms with E-state index in [9.17, 15) is 18.0 Å². The van der Waals surface area contributed by atoms with Crippen LogP contribution in [0.5, 0.6) is 5.75 Å². The molecule has 1 aliphatic heterocycles. The van der Waals surface area contributed by atoms with Gasteiger partial charge < -0.3 is 15.4 Å². The van der Waals surface area contributed by atoms with Gasteiger partial charge in [-0.3, -0.25) is 9.59 Å². The van der Waals surface area contributed by atoms with Gasteiger partial charge in [-0.25, -0.2) is 8.42 Å². The Morgan fingerprint density at radius 1 is 1.03 bits per heavy atom. The van der Waals surface area contributed by atoms with Crippen molar-refractivity contribution in [1.82, 2.24) is 4.31 Å². The van der Waals surface area contributed by atoms with Crippen molar-refractivity contribution in [1.29, 1.82) is 0 Å². The molecule has 0 spiro atoms. The Bertz CT molecular complexity index is 1010. The number of piperazine rings is 1. The number of ether oxygens (including phenoxy) is 1. The summed E-state index contributed by atoms with van der Waals surface area (Å²) in [5, 5.41) is 0. The van der Waals surface area contributed by atoms with E-state index in [-0.39, 0.29) is 11.3 Å². The minimum Gasteiger partial charge on any atom is -0.426 e. The Kier molecular flexibility index (Phi) is 6.19. The first-order valence-corrected chi connectivity index (χ1v) is 10.8. The van der Waals surface area contributed by atoms with Gasteiger partial charge in [0.2, 0.25) is 15.9 Å². The van der Waals surface area contributed by atoms with Crippen molar-refractivity contribution in [2.75, 3.05) is 36.8 Å². The molecule has 2 aromatic carbocycles. The first kappa shape index (κ1) is 20.8. The number of primary amides is 1. The molecule has 3 rings (SSSR count). The van der Waals surface area contributed by atoms with Crippen LogP contribution in [0.15, 0.2) is 48.5 Å². The summed E-state index contributed by atoms with van der Waals surface area (Å²) in [5.74, 6) is -2.27. The number of rotatable bonds is 6. The fourth-order valence-corrected chi connectivity index (χ4v) is 4.42. The number of aryl methyl sites for hydroxylation is 1. The molecule has 1 fully saturated rings. The van der Waals surface area contributed by atoms with Crippen molar-refractivity contribution in [2.45, 2.75) is 6.92 Å². The van der Waals surface area contributed by atoms with E-state index in [0.717, 1.165) is 11.3 Å². The summed E-state index contributed by atoms with van der Waals surface area (Å²) in [7, 11) is -3.80. The molecule has 2 N–H and O–H groups in total. The molecule has 1 saturated heterocycles. The molecular formula is C20H23N3O5S. The maximum Gasteiger partial charge on any atom is 0.327 e. The Morgan fingerprint density at radius 2 is 1.72 bits per heavy atom. The van der Waals surface area contributed by atoms with Gasteiger partial charge in [0.1, 0.15) is 5.75 Å². The lowest BCUT2D eigenvalue weighted by Gasteiger charge is -2.35. The van der Waals surface area contributed by atoms with E-state index in [1.54, 1.807) is 0 Å². The molecule has 0 saturated carbocycles. The molecule has 154 valence electrons. The lowest BCUT2D eigenvalue weighted by Crippen LogP contribution is -2.50. The van der Waals surface area contributed by atoms with Crippen molar-refractivity contribution >= 4 is 27.6 Å². The fraction of sp³-hybridized carbons (Fsp3) is 0.300. The van der Waals surface area contributed by atoms with E-state index in [4.69, 9.17) is 10.5 Å². The molecule has 1 heterocycles. The van der Waals surface area contributed by atoms with Gasteiger partial charge in [-0.05, 0) is 42.8 Å². The van der Waals surface area contributed by atoms with Gasteiger partial charge in [-0.2, -0.15) is 4.31 Å². The molecule has 0 radical (unpaired) electrons. The van der Waals surface area contributed by atoms with Crippen LogP contribution < -0.4 is 15.4 Å². The summed E-state index contributed by atoms with van der Waals surface area (Å²) < 4.78 is 31.6. The molecule has 1 aliphatic rings. The van der Waals surface area contributed by atoms with Crippen molar-refractivity contribution in [3.63, 3.8) is 0 Å². The summed E-state index contributed by atoms with van der Waals surface area (Å²) in [5.41, 5.74) is 7.55. The van der Waals surface area contributed by atoms with Crippen LogP contribution in [0.25, 0.3) is 0 Å². The van der Waals surface area contributed by atoms with Gasteiger partial charge in [0.25, 0.3) is 0 Å². The van der Waals surface area contributed by atoms with Crippen molar-refractivity contribution in [3.05, 3.63) is 59.7 Å². The van der Waals surface area contributed by atoms with E-state index in [2.05, 4.69) is 11.0 Å². The smallest absolute Gasteiger partial charge is 0.327 e. The monoisotopic (exact) mass is 417 g/mol. The molecule has 2 aromatic rings. The number of benzene rings is 2. The number of hydrogen-bond donors (Lipinski definition) is 1. The topological polar surface area (TPSA) is 110 Å². The number of carbonyl (C=O) groups excluding carboxylic acids is 2. The second-order valence-corrected chi connectivity index (χ2v) is 8.82. The highest BCUT2D eigenvalue weighted by Crippen LogP contribution is 2.19. The number of hydrogen-bond acceptors (Lipinski definition) is 6. The number of sulfonamides is 1. The molecule has 8 nitrogen and oxygen atoms in total. The van der Waals surface area contributed by atoms with Crippen molar-refractivity contribution in [2.24, 2.45) is 5.73 Å². The number of carbonyl (C=O) groups is 2. The van der Waals surface area contributed by atoms with Crippen LogP contribution in [0.2, 0.25) is 0 Å². The summed E-state index contributed by atoms with van der Waals surface area (Å²) in [6.45, 7) is 3.67. The zero-order valence-electron chi connectivity index (χ0n) is 16.1. The maximum atomic E-state index is 12.6. The third-order valence-corrected chi connectivity index (χ3v) is 6.40. The average molecular weight is 417 g/mol. The SMILES string of the molecule is Cc1cccc(N2CCN(S(=O)(=O)CC(=O)Oc3cccc(C(N)=O)c3)CC2)c1. The fourth-order valence-electron chi connectivity index (χ4n) is 3.16. The predicted molar refractivity (Wildman–Crippen MR) is 109 cm³/mol. The lowest BCUT2D eigenvalue weighted by atomic mass is 10.2. The van der Waals surface area contributed by atoms with Crippen LogP contribution in [0.3, 0.4) is 0 Å². The molecular weight excluding hydrogens is 394 g/mol. The molecule has 0 atom stereocenters. The Hall–Kier alpha value is -2.91.